The van der Waals surface area contributed by atoms with Gasteiger partial charge >= 0.3 is 28.7 Å². The first kappa shape index (κ1) is 20.0. The fourth-order valence-electron chi connectivity index (χ4n) is 2.34. The van der Waals surface area contributed by atoms with Gasteiger partial charge in [-0.1, -0.05) is 41.9 Å². The van der Waals surface area contributed by atoms with Crippen LogP contribution in [0.4, 0.5) is 0 Å². The summed E-state index contributed by atoms with van der Waals surface area (Å²) in [5, 5.41) is 13.8. The molecule has 8 nitrogen and oxygen atoms in total. The Morgan fingerprint density at radius 1 is 1.15 bits per heavy atom. The van der Waals surface area contributed by atoms with E-state index in [0.717, 1.165) is 16.1 Å². The Kier molecular flexibility index (Phi) is 6.47. The van der Waals surface area contributed by atoms with Crippen molar-refractivity contribution in [1.82, 2.24) is 5.06 Å². The van der Waals surface area contributed by atoms with Gasteiger partial charge in [0.05, 0.1) is 11.1 Å². The molecule has 138 valence electrons. The Morgan fingerprint density at radius 3 is 2.35 bits per heavy atom. The van der Waals surface area contributed by atoms with E-state index in [-0.39, 0.29) is 6.54 Å². The summed E-state index contributed by atoms with van der Waals surface area (Å²) in [6.45, 7) is 0.229. The number of hydrogen-bond acceptors (Lipinski definition) is 6. The number of halogens is 1. The van der Waals surface area contributed by atoms with Crippen molar-refractivity contribution in [3.63, 3.8) is 0 Å². The van der Waals surface area contributed by atoms with Crippen LogP contribution in [-0.4, -0.2) is 33.9 Å². The number of hydroxylamine groups is 2. The average molecular weight is 420 g/mol. The van der Waals surface area contributed by atoms with Gasteiger partial charge in [0.2, 0.25) is 0 Å². The Labute approximate surface area is 155 Å². The van der Waals surface area contributed by atoms with Crippen molar-refractivity contribution in [2.75, 3.05) is 13.6 Å². The van der Waals surface area contributed by atoms with E-state index >= 15 is 0 Å². The molecular formula is C16H15ClMnN3O5. The van der Waals surface area contributed by atoms with E-state index in [1.54, 1.807) is 13.1 Å². The third-order valence-corrected chi connectivity index (χ3v) is 3.55. The average Bonchev–Trinajstić information content (AvgIpc) is 2.69. The van der Waals surface area contributed by atoms with Crippen LogP contribution in [0.15, 0.2) is 58.5 Å². The summed E-state index contributed by atoms with van der Waals surface area (Å²) in [6.07, 6.45) is 0. The molecule has 1 aliphatic rings. The minimum absolute atomic E-state index is 0.229. The topological polar surface area (TPSA) is 120 Å². The number of fused-ring (bicyclic) bond motifs is 1. The number of nitrogens with zero attached hydrogens (tertiary/aromatic N) is 3. The molecule has 1 heterocycles. The van der Waals surface area contributed by atoms with Crippen molar-refractivity contribution < 1.29 is 33.9 Å². The van der Waals surface area contributed by atoms with Crippen LogP contribution in [-0.2, 0) is 24.5 Å². The predicted octanol–water partition coefficient (Wildman–Crippen LogP) is 0.933. The summed E-state index contributed by atoms with van der Waals surface area (Å²) < 4.78 is 33.1. The van der Waals surface area contributed by atoms with E-state index in [1.165, 1.54) is 5.06 Å². The van der Waals surface area contributed by atoms with Gasteiger partial charge in [0.15, 0.2) is 0 Å². The quantitative estimate of drug-likeness (QED) is 0.664. The van der Waals surface area contributed by atoms with Crippen molar-refractivity contribution in [3.05, 3.63) is 69.7 Å². The summed E-state index contributed by atoms with van der Waals surface area (Å²) in [5.41, 5.74) is 1.58. The van der Waals surface area contributed by atoms with Crippen molar-refractivity contribution >= 4 is 23.1 Å². The zero-order chi connectivity index (χ0) is 19.3. The number of aliphatic imine (C=N–C) groups is 1. The van der Waals surface area contributed by atoms with E-state index in [2.05, 4.69) is 9.98 Å². The standard InChI is InChI=1S/C16H14ClN3O.Mn.H2O.3O/c1-18-15-10-20(21)16(11-5-3-2-4-6-11)13-9-12(17)7-8-14(13)19-15;;;;;/h2-9,21H,10H2,1H3;;1H2;;;/q;+1;;;;/p-1. The summed E-state index contributed by atoms with van der Waals surface area (Å²) >= 11 is 0.740. The second-order valence-electron chi connectivity index (χ2n) is 5.08. The molecule has 0 fully saturated rings. The van der Waals surface area contributed by atoms with Crippen molar-refractivity contribution in [3.8, 4) is 0 Å². The second-order valence-corrected chi connectivity index (χ2v) is 6.75. The van der Waals surface area contributed by atoms with Crippen LogP contribution in [0.2, 0.25) is 5.02 Å². The summed E-state index contributed by atoms with van der Waals surface area (Å²) in [4.78, 5) is 8.60. The molecule has 0 unspecified atom stereocenters. The molecule has 0 saturated heterocycles. The van der Waals surface area contributed by atoms with Gasteiger partial charge in [-0.2, -0.15) is 0 Å². The van der Waals surface area contributed by atoms with Crippen molar-refractivity contribution in [2.45, 2.75) is 0 Å². The molecular weight excluding hydrogens is 405 g/mol. The molecule has 0 aromatic heterocycles. The molecule has 2 N–H and O–H groups in total. The first-order chi connectivity index (χ1) is 12.2. The number of amidine groups is 1. The Morgan fingerprint density at radius 2 is 1.77 bits per heavy atom. The molecule has 3 rings (SSSR count). The van der Waals surface area contributed by atoms with Crippen LogP contribution >= 0.6 is 11.6 Å². The fourth-order valence-corrected chi connectivity index (χ4v) is 2.52. The van der Waals surface area contributed by atoms with Crippen LogP contribution in [0.1, 0.15) is 5.56 Å². The number of benzene rings is 2. The van der Waals surface area contributed by atoms with E-state index in [0.29, 0.717) is 16.6 Å². The van der Waals surface area contributed by atoms with E-state index < -0.39 is 13.0 Å². The molecule has 0 atom stereocenters. The van der Waals surface area contributed by atoms with E-state index in [4.69, 9.17) is 27.3 Å². The second kappa shape index (κ2) is 8.39. The Balaban J connectivity index is 0.000000431. The van der Waals surface area contributed by atoms with Crippen molar-refractivity contribution in [1.29, 1.82) is 0 Å². The third kappa shape index (κ3) is 5.62. The van der Waals surface area contributed by atoms with Crippen LogP contribution in [0.5, 0.6) is 0 Å². The maximum absolute atomic E-state index is 10.5. The number of hydrogen-bond donors (Lipinski definition) is 2. The molecule has 0 amide bonds. The molecule has 0 radical (unpaired) electrons. The molecule has 0 bridgehead atoms. The molecule has 0 aliphatic carbocycles. The zero-order valence-electron chi connectivity index (χ0n) is 13.5. The van der Waals surface area contributed by atoms with Gasteiger partial charge in [-0.05, 0) is 18.2 Å². The summed E-state index contributed by atoms with van der Waals surface area (Å²) in [6, 6.07) is 15.1. The van der Waals surface area contributed by atoms with Gasteiger partial charge < -0.3 is 0 Å². The maximum atomic E-state index is 10.5. The predicted molar refractivity (Wildman–Crippen MR) is 87.3 cm³/mol. The van der Waals surface area contributed by atoms with Crippen LogP contribution < -0.4 is 10.6 Å². The molecule has 10 heteroatoms. The normalized spacial score (nSPS) is 15.5. The molecule has 2 aromatic rings. The number of rotatable bonds is 1. The van der Waals surface area contributed by atoms with Gasteiger partial charge in [0.25, 0.3) is 0 Å². The van der Waals surface area contributed by atoms with Gasteiger partial charge in [0.1, 0.15) is 12.4 Å². The van der Waals surface area contributed by atoms with Crippen molar-refractivity contribution in [2.24, 2.45) is 9.98 Å². The molecule has 1 aliphatic heterocycles. The zero-order valence-corrected chi connectivity index (χ0v) is 15.5. The fraction of sp³-hybridized carbons (Fsp3) is 0.125. The SMILES string of the molecule is CN=C1CN(O)C(c2ccccc2)=c2cc(Cl)ccc2=N1.[O]=[Mn](=[O])(=[O])[OH]. The summed E-state index contributed by atoms with van der Waals surface area (Å²) in [5.74, 6) is 0.562. The van der Waals surface area contributed by atoms with Gasteiger partial charge in [-0.3, -0.25) is 10.2 Å². The Hall–Kier alpha value is -2.29. The van der Waals surface area contributed by atoms with Gasteiger partial charge in [0, 0.05) is 22.9 Å². The van der Waals surface area contributed by atoms with Crippen LogP contribution in [0, 0.1) is 0 Å². The monoisotopic (exact) mass is 419 g/mol. The first-order valence-electron chi connectivity index (χ1n) is 7.18. The Bertz CT molecular complexity index is 1100. The van der Waals surface area contributed by atoms with Gasteiger partial charge in [-0.15, -0.1) is 0 Å². The van der Waals surface area contributed by atoms with Crippen LogP contribution in [0.3, 0.4) is 0 Å². The minimum atomic E-state index is -5.38. The molecule has 26 heavy (non-hydrogen) atoms. The van der Waals surface area contributed by atoms with E-state index in [9.17, 15) is 5.21 Å². The summed E-state index contributed by atoms with van der Waals surface area (Å²) in [7, 11) is 1.66. The van der Waals surface area contributed by atoms with Gasteiger partial charge in [-0.25, -0.2) is 10.1 Å². The van der Waals surface area contributed by atoms with Crippen LogP contribution in [0.25, 0.3) is 5.70 Å². The third-order valence-electron chi connectivity index (χ3n) is 3.32. The van der Waals surface area contributed by atoms with E-state index in [1.807, 2.05) is 42.5 Å². The molecule has 2 aromatic carbocycles. The first-order valence-corrected chi connectivity index (χ1v) is 9.53. The molecule has 0 spiro atoms. The molecule has 0 saturated carbocycles.